The van der Waals surface area contributed by atoms with Crippen LogP contribution in [-0.2, 0) is 0 Å². The lowest BCUT2D eigenvalue weighted by Crippen LogP contribution is -1.55. The first-order chi connectivity index (χ1) is 5.97. The van der Waals surface area contributed by atoms with Crippen LogP contribution in [0.2, 0.25) is 0 Å². The third-order valence-corrected chi connectivity index (χ3v) is 3.22. The Labute approximate surface area is 80.8 Å². The normalized spacial score (nSPS) is 8.75. The predicted molar refractivity (Wildman–Crippen MR) is 58.4 cm³/mol. The van der Waals surface area contributed by atoms with Crippen molar-refractivity contribution >= 4 is 30.7 Å². The zero-order chi connectivity index (χ0) is 8.81. The van der Waals surface area contributed by atoms with Gasteiger partial charge < -0.3 is 5.02 Å². The van der Waals surface area contributed by atoms with Crippen molar-refractivity contribution in [3.8, 4) is 9.75 Å². The van der Waals surface area contributed by atoms with Gasteiger partial charge in [-0.3, -0.25) is 0 Å². The minimum atomic E-state index is 1.00. The zero-order valence-corrected chi connectivity index (χ0v) is 8.36. The fourth-order valence-corrected chi connectivity index (χ4v) is 2.42. The summed E-state index contributed by atoms with van der Waals surface area (Å²) >= 11 is 3.58. The van der Waals surface area contributed by atoms with E-state index in [0.29, 0.717) is 0 Å². The van der Waals surface area contributed by atoms with Crippen molar-refractivity contribution in [1.82, 2.24) is 0 Å². The van der Waals surface area contributed by atoms with Gasteiger partial charge in [-0.15, -0.1) is 22.7 Å². The number of thiophene rings is 2. The molecule has 0 aromatic carbocycles. The molecule has 2 aromatic heterocycles. The van der Waals surface area contributed by atoms with Gasteiger partial charge in [-0.1, -0.05) is 12.1 Å². The van der Waals surface area contributed by atoms with Crippen LogP contribution in [0.15, 0.2) is 35.0 Å². The molecule has 2 rings (SSSR count). The highest BCUT2D eigenvalue weighted by atomic mass is 32.1. The molecule has 0 atom stereocenters. The third kappa shape index (κ3) is 2.20. The van der Waals surface area contributed by atoms with Crippen LogP contribution >= 0.6 is 22.7 Å². The van der Waals surface area contributed by atoms with Crippen LogP contribution in [0.1, 0.15) is 0 Å². The van der Waals surface area contributed by atoms with Crippen LogP contribution in [0, 0.1) is 0 Å². The van der Waals surface area contributed by atoms with Crippen molar-refractivity contribution in [2.45, 2.75) is 0 Å². The fraction of sp³-hybridized carbons (Fsp3) is 0. The molecular formula is C8H9BOS2. The first kappa shape index (κ1) is 9.51. The van der Waals surface area contributed by atoms with E-state index < -0.39 is 0 Å². The minimum Gasteiger partial charge on any atom is -0.458 e. The molecular weight excluding hydrogens is 187 g/mol. The Morgan fingerprint density at radius 3 is 1.58 bits per heavy atom. The molecule has 0 bridgehead atoms. The topological polar surface area (TPSA) is 20.2 Å². The molecule has 12 heavy (non-hydrogen) atoms. The van der Waals surface area contributed by atoms with Gasteiger partial charge in [0.2, 0.25) is 0 Å². The van der Waals surface area contributed by atoms with Gasteiger partial charge in [0, 0.05) is 9.75 Å². The third-order valence-electron chi connectivity index (χ3n) is 1.29. The molecule has 1 N–H and O–H groups in total. The second kappa shape index (κ2) is 5.14. The molecule has 0 saturated heterocycles. The predicted octanol–water partition coefficient (Wildman–Crippen LogP) is 2.00. The Kier molecular flexibility index (Phi) is 4.07. The van der Waals surface area contributed by atoms with Crippen molar-refractivity contribution in [1.29, 1.82) is 0 Å². The second-order valence-corrected chi connectivity index (χ2v) is 3.85. The minimum absolute atomic E-state index is 1.00. The molecule has 0 spiro atoms. The summed E-state index contributed by atoms with van der Waals surface area (Å²) in [5.41, 5.74) is 0. The molecule has 0 saturated carbocycles. The summed E-state index contributed by atoms with van der Waals surface area (Å²) < 4.78 is 0. The first-order valence-electron chi connectivity index (χ1n) is 3.49. The van der Waals surface area contributed by atoms with Crippen molar-refractivity contribution in [3.63, 3.8) is 0 Å². The lowest BCUT2D eigenvalue weighted by atomic mass is 10.4. The molecule has 0 unspecified atom stereocenters. The molecule has 1 nitrogen and oxygen atoms in total. The summed E-state index contributed by atoms with van der Waals surface area (Å²) in [5, 5.41) is 11.2. The van der Waals surface area contributed by atoms with Gasteiger partial charge in [-0.25, -0.2) is 0 Å². The largest absolute Gasteiger partial charge is 0.458 e. The monoisotopic (exact) mass is 196 g/mol. The highest BCUT2D eigenvalue weighted by molar-refractivity contribution is 7.20. The van der Waals surface area contributed by atoms with Crippen LogP contribution < -0.4 is 0 Å². The molecule has 2 heterocycles. The van der Waals surface area contributed by atoms with E-state index >= 15 is 0 Å². The average Bonchev–Trinajstić information content (AvgIpc) is 2.80. The van der Waals surface area contributed by atoms with Crippen LogP contribution in [-0.4, -0.2) is 13.1 Å². The van der Waals surface area contributed by atoms with Gasteiger partial charge in [-0.2, -0.15) is 0 Å². The number of hydrogen-bond donors (Lipinski definition) is 1. The van der Waals surface area contributed by atoms with E-state index in [-0.39, 0.29) is 0 Å². The van der Waals surface area contributed by atoms with Crippen molar-refractivity contribution in [2.75, 3.05) is 0 Å². The molecule has 62 valence electrons. The van der Waals surface area contributed by atoms with Crippen molar-refractivity contribution < 1.29 is 5.02 Å². The van der Waals surface area contributed by atoms with Crippen molar-refractivity contribution in [3.05, 3.63) is 35.0 Å². The molecule has 4 heteroatoms. The van der Waals surface area contributed by atoms with E-state index in [9.17, 15) is 0 Å². The maximum Gasteiger partial charge on any atom is 0.252 e. The smallest absolute Gasteiger partial charge is 0.252 e. The number of hydrogen-bond acceptors (Lipinski definition) is 3. The first-order valence-corrected chi connectivity index (χ1v) is 5.25. The van der Waals surface area contributed by atoms with E-state index in [1.54, 1.807) is 22.7 Å². The molecule has 0 aliphatic carbocycles. The maximum absolute atomic E-state index is 7.00. The fourth-order valence-electron chi connectivity index (χ4n) is 0.838. The quantitative estimate of drug-likeness (QED) is 0.691. The van der Waals surface area contributed by atoms with Crippen LogP contribution in [0.3, 0.4) is 0 Å². The Morgan fingerprint density at radius 1 is 0.917 bits per heavy atom. The highest BCUT2D eigenvalue weighted by Crippen LogP contribution is 2.28. The average molecular weight is 196 g/mol. The van der Waals surface area contributed by atoms with E-state index in [1.165, 1.54) is 9.75 Å². The van der Waals surface area contributed by atoms with E-state index in [0.717, 1.165) is 8.05 Å². The zero-order valence-electron chi connectivity index (χ0n) is 6.73. The lowest BCUT2D eigenvalue weighted by molar-refractivity contribution is 0.629. The molecule has 0 fully saturated rings. The van der Waals surface area contributed by atoms with Crippen LogP contribution in [0.5, 0.6) is 0 Å². The molecule has 2 aromatic rings. The Balaban J connectivity index is 0.000000336. The van der Waals surface area contributed by atoms with Gasteiger partial charge in [0.05, 0.1) is 0 Å². The van der Waals surface area contributed by atoms with Gasteiger partial charge >= 0.3 is 0 Å². The molecule has 0 amide bonds. The van der Waals surface area contributed by atoms with Gasteiger partial charge in [-0.05, 0) is 22.9 Å². The molecule has 0 aliphatic rings. The van der Waals surface area contributed by atoms with Crippen LogP contribution in [0.4, 0.5) is 0 Å². The second-order valence-electron chi connectivity index (χ2n) is 1.95. The Hall–Kier alpha value is -0.575. The van der Waals surface area contributed by atoms with Gasteiger partial charge in [0.25, 0.3) is 8.05 Å². The lowest BCUT2D eigenvalue weighted by Gasteiger charge is -1.84. The van der Waals surface area contributed by atoms with Crippen LogP contribution in [0.25, 0.3) is 9.75 Å². The van der Waals surface area contributed by atoms with Gasteiger partial charge in [0.15, 0.2) is 0 Å². The van der Waals surface area contributed by atoms with E-state index in [4.69, 9.17) is 5.02 Å². The molecule has 0 aliphatic heterocycles. The number of rotatable bonds is 1. The van der Waals surface area contributed by atoms with Crippen molar-refractivity contribution in [2.24, 2.45) is 0 Å². The highest BCUT2D eigenvalue weighted by Gasteiger charge is 1.96. The maximum atomic E-state index is 7.00. The summed E-state index contributed by atoms with van der Waals surface area (Å²) in [7, 11) is 1.00. The van der Waals surface area contributed by atoms with E-state index in [1.807, 2.05) is 0 Å². The van der Waals surface area contributed by atoms with E-state index in [2.05, 4.69) is 35.0 Å². The summed E-state index contributed by atoms with van der Waals surface area (Å²) in [6, 6.07) is 8.46. The van der Waals surface area contributed by atoms with Gasteiger partial charge in [0.1, 0.15) is 0 Å². The SMILES string of the molecule is BO.c1csc(-c2cccs2)c1. The standard InChI is InChI=1S/C8H6S2.BH3O/c1-3-7(9-5-1)8-4-2-6-10-8;1-2/h1-6H;2H,1H2. The summed E-state index contributed by atoms with van der Waals surface area (Å²) in [6.07, 6.45) is 0. The Bertz CT molecular complexity index is 256. The molecule has 0 radical (unpaired) electrons. The summed E-state index contributed by atoms with van der Waals surface area (Å²) in [5.74, 6) is 0. The Morgan fingerprint density at radius 2 is 1.33 bits per heavy atom. The summed E-state index contributed by atoms with van der Waals surface area (Å²) in [6.45, 7) is 0. The summed E-state index contributed by atoms with van der Waals surface area (Å²) in [4.78, 5) is 2.74.